The Morgan fingerprint density at radius 3 is 2.43 bits per heavy atom. The van der Waals surface area contributed by atoms with Crippen LogP contribution in [0.15, 0.2) is 76.3 Å². The first-order chi connectivity index (χ1) is 17.8. The molecule has 0 unspecified atom stereocenters. The summed E-state index contributed by atoms with van der Waals surface area (Å²) in [5, 5.41) is 3.87. The molecule has 5 rings (SSSR count). The minimum absolute atomic E-state index is 0.0880. The van der Waals surface area contributed by atoms with Crippen molar-refractivity contribution in [3.05, 3.63) is 104 Å². The Labute approximate surface area is 217 Å². The largest absolute Gasteiger partial charge is 0.495 e. The van der Waals surface area contributed by atoms with Crippen LogP contribution < -0.4 is 21.3 Å². The zero-order valence-corrected chi connectivity index (χ0v) is 21.4. The molecule has 188 valence electrons. The van der Waals surface area contributed by atoms with Crippen molar-refractivity contribution in [3.63, 3.8) is 0 Å². The molecule has 0 saturated carbocycles. The van der Waals surface area contributed by atoms with Crippen LogP contribution in [0, 0.1) is 6.92 Å². The number of halogens is 1. The molecule has 2 heterocycles. The molecule has 0 atom stereocenters. The second kappa shape index (κ2) is 9.63. The third kappa shape index (κ3) is 4.40. The van der Waals surface area contributed by atoms with Crippen LogP contribution in [0.1, 0.15) is 11.1 Å². The third-order valence-electron chi connectivity index (χ3n) is 6.43. The number of hydrogen-bond acceptors (Lipinski definition) is 4. The first-order valence-electron chi connectivity index (χ1n) is 11.7. The van der Waals surface area contributed by atoms with E-state index < -0.39 is 17.2 Å². The lowest BCUT2D eigenvalue weighted by Gasteiger charge is -2.14. The Morgan fingerprint density at radius 1 is 0.973 bits per heavy atom. The number of anilines is 1. The Morgan fingerprint density at radius 2 is 1.73 bits per heavy atom. The highest BCUT2D eigenvalue weighted by atomic mass is 35.5. The minimum atomic E-state index is -0.557. The summed E-state index contributed by atoms with van der Waals surface area (Å²) >= 11 is 6.20. The number of aryl methyl sites for hydroxylation is 2. The number of ether oxygens (including phenoxy) is 1. The third-order valence-corrected chi connectivity index (χ3v) is 6.72. The van der Waals surface area contributed by atoms with Crippen LogP contribution in [-0.2, 0) is 24.9 Å². The number of aromatic nitrogens is 3. The molecule has 9 heteroatoms. The number of fused-ring (bicyclic) bond motifs is 3. The molecule has 1 N–H and O–H groups in total. The van der Waals surface area contributed by atoms with Crippen LogP contribution in [0.4, 0.5) is 5.69 Å². The molecule has 2 aromatic heterocycles. The van der Waals surface area contributed by atoms with Gasteiger partial charge >= 0.3 is 5.69 Å². The number of nitrogens with one attached hydrogen (secondary N) is 1. The van der Waals surface area contributed by atoms with E-state index in [-0.39, 0.29) is 13.1 Å². The highest BCUT2D eigenvalue weighted by Crippen LogP contribution is 2.28. The highest BCUT2D eigenvalue weighted by Gasteiger charge is 2.22. The predicted octanol–water partition coefficient (Wildman–Crippen LogP) is 4.31. The molecular weight excluding hydrogens is 492 g/mol. The SMILES string of the molecule is COc1ccc(NC(=O)Cn2c(=O)n(Cc3ccccc3)c(=O)c3c2c2cc(C)ccc2n3C)cc1Cl. The number of hydrogen-bond donors (Lipinski definition) is 1. The summed E-state index contributed by atoms with van der Waals surface area (Å²) < 4.78 is 9.51. The van der Waals surface area contributed by atoms with Crippen molar-refractivity contribution in [3.8, 4) is 5.75 Å². The summed E-state index contributed by atoms with van der Waals surface area (Å²) in [4.78, 5) is 40.6. The van der Waals surface area contributed by atoms with Gasteiger partial charge in [0.15, 0.2) is 0 Å². The van der Waals surface area contributed by atoms with E-state index in [0.717, 1.165) is 22.0 Å². The molecule has 1 amide bonds. The fraction of sp³-hybridized carbons (Fsp3) is 0.179. The Kier molecular flexibility index (Phi) is 6.35. The zero-order valence-electron chi connectivity index (χ0n) is 20.6. The second-order valence-electron chi connectivity index (χ2n) is 8.92. The van der Waals surface area contributed by atoms with Gasteiger partial charge in [-0.1, -0.05) is 53.6 Å². The molecule has 0 spiro atoms. The average molecular weight is 517 g/mol. The van der Waals surface area contributed by atoms with Gasteiger partial charge in [0.05, 0.1) is 29.7 Å². The van der Waals surface area contributed by atoms with Crippen LogP contribution in [-0.4, -0.2) is 26.7 Å². The maximum absolute atomic E-state index is 13.8. The van der Waals surface area contributed by atoms with Gasteiger partial charge in [0.25, 0.3) is 5.56 Å². The van der Waals surface area contributed by atoms with E-state index in [9.17, 15) is 14.4 Å². The quantitative estimate of drug-likeness (QED) is 0.364. The first kappa shape index (κ1) is 24.4. The predicted molar refractivity (Wildman–Crippen MR) is 146 cm³/mol. The molecule has 0 aliphatic rings. The van der Waals surface area contributed by atoms with Crippen molar-refractivity contribution in [1.82, 2.24) is 13.7 Å². The van der Waals surface area contributed by atoms with Crippen molar-refractivity contribution >= 4 is 45.1 Å². The van der Waals surface area contributed by atoms with Crippen LogP contribution in [0.2, 0.25) is 5.02 Å². The number of rotatable bonds is 6. The van der Waals surface area contributed by atoms with E-state index >= 15 is 0 Å². The fourth-order valence-electron chi connectivity index (χ4n) is 4.65. The Bertz CT molecular complexity index is 1780. The van der Waals surface area contributed by atoms with E-state index in [1.807, 2.05) is 55.5 Å². The van der Waals surface area contributed by atoms with Gasteiger partial charge < -0.3 is 14.6 Å². The summed E-state index contributed by atoms with van der Waals surface area (Å²) in [6, 6.07) is 20.0. The molecule has 8 nitrogen and oxygen atoms in total. The normalized spacial score (nSPS) is 11.2. The number of carbonyl (C=O) groups excluding carboxylic acids is 1. The van der Waals surface area contributed by atoms with Crippen molar-refractivity contribution in [2.75, 3.05) is 12.4 Å². The van der Waals surface area contributed by atoms with Crippen LogP contribution in [0.3, 0.4) is 0 Å². The van der Waals surface area contributed by atoms with Crippen LogP contribution in [0.5, 0.6) is 5.75 Å². The molecule has 37 heavy (non-hydrogen) atoms. The van der Waals surface area contributed by atoms with E-state index in [4.69, 9.17) is 16.3 Å². The monoisotopic (exact) mass is 516 g/mol. The van der Waals surface area contributed by atoms with Gasteiger partial charge in [-0.3, -0.25) is 18.7 Å². The smallest absolute Gasteiger partial charge is 0.332 e. The summed E-state index contributed by atoms with van der Waals surface area (Å²) in [5.41, 5.74) is 2.87. The lowest BCUT2D eigenvalue weighted by molar-refractivity contribution is -0.116. The Hall–Kier alpha value is -4.30. The van der Waals surface area contributed by atoms with Crippen LogP contribution >= 0.6 is 11.6 Å². The number of carbonyl (C=O) groups is 1. The average Bonchev–Trinajstić information content (AvgIpc) is 3.16. The van der Waals surface area contributed by atoms with E-state index in [1.54, 1.807) is 29.8 Å². The molecular formula is C28H25ClN4O4. The van der Waals surface area contributed by atoms with Gasteiger partial charge in [-0.25, -0.2) is 4.79 Å². The van der Waals surface area contributed by atoms with Crippen molar-refractivity contribution < 1.29 is 9.53 Å². The summed E-state index contributed by atoms with van der Waals surface area (Å²) in [6.07, 6.45) is 0. The van der Waals surface area contributed by atoms with Gasteiger partial charge in [0.1, 0.15) is 17.8 Å². The molecule has 0 aliphatic heterocycles. The fourth-order valence-corrected chi connectivity index (χ4v) is 4.91. The first-order valence-corrected chi connectivity index (χ1v) is 12.1. The molecule has 0 bridgehead atoms. The number of nitrogens with zero attached hydrogens (tertiary/aromatic N) is 3. The van der Waals surface area contributed by atoms with Gasteiger partial charge in [-0.05, 0) is 42.8 Å². The van der Waals surface area contributed by atoms with Crippen molar-refractivity contribution in [2.24, 2.45) is 7.05 Å². The minimum Gasteiger partial charge on any atom is -0.495 e. The summed E-state index contributed by atoms with van der Waals surface area (Å²) in [5.74, 6) is 0.0518. The highest BCUT2D eigenvalue weighted by molar-refractivity contribution is 6.32. The molecule has 3 aromatic carbocycles. The van der Waals surface area contributed by atoms with Crippen LogP contribution in [0.25, 0.3) is 21.9 Å². The van der Waals surface area contributed by atoms with Gasteiger partial charge in [-0.2, -0.15) is 0 Å². The van der Waals surface area contributed by atoms with E-state index in [0.29, 0.717) is 27.5 Å². The number of methoxy groups -OCH3 is 1. The van der Waals surface area contributed by atoms with Gasteiger partial charge in [-0.15, -0.1) is 0 Å². The maximum atomic E-state index is 13.8. The molecule has 0 saturated heterocycles. The number of amides is 1. The molecule has 0 fully saturated rings. The maximum Gasteiger partial charge on any atom is 0.332 e. The van der Waals surface area contributed by atoms with E-state index in [1.165, 1.54) is 16.2 Å². The van der Waals surface area contributed by atoms with E-state index in [2.05, 4.69) is 5.32 Å². The van der Waals surface area contributed by atoms with Crippen molar-refractivity contribution in [1.29, 1.82) is 0 Å². The topological polar surface area (TPSA) is 87.3 Å². The lowest BCUT2D eigenvalue weighted by Crippen LogP contribution is -2.42. The second-order valence-corrected chi connectivity index (χ2v) is 9.33. The standard InChI is InChI=1S/C28H25ClN4O4/c1-17-9-11-22-20(13-17)25-26(31(22)2)27(35)33(15-18-7-5-4-6-8-18)28(36)32(25)16-24(34)30-19-10-12-23(37-3)21(29)14-19/h4-14H,15-16H2,1-3H3,(H,30,34). The summed E-state index contributed by atoms with van der Waals surface area (Å²) in [6.45, 7) is 1.74. The summed E-state index contributed by atoms with van der Waals surface area (Å²) in [7, 11) is 3.30. The molecule has 5 aromatic rings. The Balaban J connectivity index is 1.67. The number of benzene rings is 3. The molecule has 0 radical (unpaired) electrons. The zero-order chi connectivity index (χ0) is 26.3. The lowest BCUT2D eigenvalue weighted by atomic mass is 10.1. The molecule has 0 aliphatic carbocycles. The van der Waals surface area contributed by atoms with Crippen molar-refractivity contribution in [2.45, 2.75) is 20.0 Å². The van der Waals surface area contributed by atoms with Gasteiger partial charge in [0, 0.05) is 18.1 Å². The van der Waals surface area contributed by atoms with Gasteiger partial charge in [0.2, 0.25) is 5.91 Å².